The summed E-state index contributed by atoms with van der Waals surface area (Å²) in [5.74, 6) is 1.04. The van der Waals surface area contributed by atoms with Crippen molar-refractivity contribution in [2.45, 2.75) is 46.0 Å². The monoisotopic (exact) mass is 455 g/mol. The van der Waals surface area contributed by atoms with Gasteiger partial charge in [-0.1, -0.05) is 67.2 Å². The lowest BCUT2D eigenvalue weighted by Gasteiger charge is -2.25. The van der Waals surface area contributed by atoms with Gasteiger partial charge in [0, 0.05) is 11.9 Å². The summed E-state index contributed by atoms with van der Waals surface area (Å²) < 4.78 is 6.80. The summed E-state index contributed by atoms with van der Waals surface area (Å²) in [5, 5.41) is 4.95. The van der Waals surface area contributed by atoms with E-state index in [1.807, 2.05) is 24.3 Å². The van der Waals surface area contributed by atoms with Gasteiger partial charge >= 0.3 is 0 Å². The van der Waals surface area contributed by atoms with Crippen LogP contribution in [-0.2, 0) is 6.54 Å². The minimum atomic E-state index is -1.66. The lowest BCUT2D eigenvalue weighted by Crippen LogP contribution is -2.29. The van der Waals surface area contributed by atoms with Crippen LogP contribution in [0.5, 0.6) is 5.75 Å². The second-order valence-electron chi connectivity index (χ2n) is 8.79. The molecule has 0 atom stereocenters. The number of anilines is 1. The fraction of sp³-hybridized carbons (Fsp3) is 0.333. The molecular formula is C24H30ClN3O2Si. The van der Waals surface area contributed by atoms with Gasteiger partial charge in [-0.2, -0.15) is 0 Å². The Morgan fingerprint density at radius 2 is 1.94 bits per heavy atom. The van der Waals surface area contributed by atoms with Gasteiger partial charge in [-0.15, -0.1) is 0 Å². The van der Waals surface area contributed by atoms with E-state index in [9.17, 15) is 4.79 Å². The van der Waals surface area contributed by atoms with Gasteiger partial charge < -0.3 is 14.6 Å². The third-order valence-electron chi connectivity index (χ3n) is 5.17. The van der Waals surface area contributed by atoms with Gasteiger partial charge in [0.25, 0.3) is 5.56 Å². The predicted molar refractivity (Wildman–Crippen MR) is 132 cm³/mol. The van der Waals surface area contributed by atoms with Crippen LogP contribution in [0.3, 0.4) is 0 Å². The van der Waals surface area contributed by atoms with Crippen molar-refractivity contribution in [2.75, 3.05) is 12.4 Å². The zero-order valence-corrected chi connectivity index (χ0v) is 20.6. The maximum Gasteiger partial charge on any atom is 0.294 e. The molecule has 7 heteroatoms. The molecular weight excluding hydrogens is 426 g/mol. The Kier molecular flexibility index (Phi) is 7.23. The van der Waals surface area contributed by atoms with E-state index in [2.05, 4.69) is 55.1 Å². The van der Waals surface area contributed by atoms with Crippen molar-refractivity contribution in [1.29, 1.82) is 0 Å². The standard InChI is InChI=1S/C24H30ClN3O2Si/c1-17-8-6-7-9-20(21(14-17)31(3,4)5)26-23-24(29)28(16-22(25)27-23)15-18-10-12-19(30-2)13-11-18/h6,8,10-14,16H,7,9,15H2,1-5H3,(H,26,27)/b8-6-,17-14-,21-20-. The molecule has 0 aliphatic heterocycles. The molecule has 1 aliphatic rings. The van der Waals surface area contributed by atoms with Crippen molar-refractivity contribution in [1.82, 2.24) is 9.55 Å². The van der Waals surface area contributed by atoms with Gasteiger partial charge in [0.15, 0.2) is 5.82 Å². The van der Waals surface area contributed by atoms with Crippen LogP contribution >= 0.6 is 11.6 Å². The van der Waals surface area contributed by atoms with Crippen LogP contribution in [0.15, 0.2) is 70.0 Å². The number of allylic oxidation sites excluding steroid dienone is 6. The molecule has 1 N–H and O–H groups in total. The molecule has 0 amide bonds. The van der Waals surface area contributed by atoms with Crippen LogP contribution in [0.4, 0.5) is 5.82 Å². The summed E-state index contributed by atoms with van der Waals surface area (Å²) in [5.41, 5.74) is 3.06. The normalized spacial score (nSPS) is 19.7. The number of rotatable bonds is 6. The lowest BCUT2D eigenvalue weighted by atomic mass is 10.1. The third kappa shape index (κ3) is 5.99. The molecule has 2 aromatic rings. The number of ether oxygens (including phenoxy) is 1. The molecule has 0 bridgehead atoms. The Morgan fingerprint density at radius 3 is 2.58 bits per heavy atom. The first-order valence-electron chi connectivity index (χ1n) is 10.4. The van der Waals surface area contributed by atoms with Crippen molar-refractivity contribution < 1.29 is 4.74 Å². The van der Waals surface area contributed by atoms with Crippen molar-refractivity contribution in [3.8, 4) is 5.75 Å². The van der Waals surface area contributed by atoms with Crippen molar-refractivity contribution in [2.24, 2.45) is 0 Å². The van der Waals surface area contributed by atoms with E-state index in [0.29, 0.717) is 6.54 Å². The van der Waals surface area contributed by atoms with Crippen LogP contribution < -0.4 is 15.6 Å². The maximum absolute atomic E-state index is 13.2. The molecule has 5 nitrogen and oxygen atoms in total. The molecule has 0 saturated heterocycles. The molecule has 3 rings (SSSR count). The minimum absolute atomic E-state index is 0.194. The summed E-state index contributed by atoms with van der Waals surface area (Å²) >= 11 is 6.30. The summed E-state index contributed by atoms with van der Waals surface area (Å²) in [6.45, 7) is 9.45. The second-order valence-corrected chi connectivity index (χ2v) is 14.2. The average Bonchev–Trinajstić information content (AvgIpc) is 2.70. The molecule has 0 saturated carbocycles. The summed E-state index contributed by atoms with van der Waals surface area (Å²) in [6, 6.07) is 7.63. The number of nitrogens with one attached hydrogen (secondary N) is 1. The van der Waals surface area contributed by atoms with Crippen LogP contribution in [0.25, 0.3) is 0 Å². The molecule has 1 aromatic carbocycles. The van der Waals surface area contributed by atoms with Gasteiger partial charge in [-0.25, -0.2) is 4.98 Å². The Bertz CT molecular complexity index is 1090. The Morgan fingerprint density at radius 1 is 1.23 bits per heavy atom. The Hall–Kier alpha value is -2.57. The third-order valence-corrected chi connectivity index (χ3v) is 7.42. The number of nitrogens with zero attached hydrogens (tertiary/aromatic N) is 2. The molecule has 164 valence electrons. The molecule has 31 heavy (non-hydrogen) atoms. The van der Waals surface area contributed by atoms with Crippen molar-refractivity contribution >= 4 is 25.5 Å². The fourth-order valence-corrected chi connectivity index (χ4v) is 5.53. The quantitative estimate of drug-likeness (QED) is 0.560. The highest BCUT2D eigenvalue weighted by Gasteiger charge is 2.23. The number of aromatic nitrogens is 2. The van der Waals surface area contributed by atoms with Crippen molar-refractivity contribution in [3.63, 3.8) is 0 Å². The SMILES string of the molecule is COc1ccc(Cn2cc(Cl)nc(N/C3=C([Si](C)(C)C)/C=C(C)\C=C/CC3)c2=O)cc1. The molecule has 1 aromatic heterocycles. The second kappa shape index (κ2) is 9.70. The first kappa shape index (κ1) is 23.1. The molecule has 0 radical (unpaired) electrons. The van der Waals surface area contributed by atoms with E-state index in [1.165, 1.54) is 10.8 Å². The highest BCUT2D eigenvalue weighted by molar-refractivity contribution is 6.83. The average molecular weight is 456 g/mol. The number of halogens is 1. The molecule has 1 aliphatic carbocycles. The molecule has 0 fully saturated rings. The number of methoxy groups -OCH3 is 1. The van der Waals surface area contributed by atoms with E-state index in [4.69, 9.17) is 16.3 Å². The molecule has 1 heterocycles. The van der Waals surface area contributed by atoms with Crippen LogP contribution in [0.2, 0.25) is 24.8 Å². The highest BCUT2D eigenvalue weighted by atomic mass is 35.5. The van der Waals surface area contributed by atoms with Gasteiger partial charge in [0.2, 0.25) is 0 Å². The van der Waals surface area contributed by atoms with E-state index in [1.54, 1.807) is 17.9 Å². The summed E-state index contributed by atoms with van der Waals surface area (Å²) in [6.07, 6.45) is 9.88. The topological polar surface area (TPSA) is 56.1 Å². The lowest BCUT2D eigenvalue weighted by molar-refractivity contribution is 0.414. The van der Waals surface area contributed by atoms with E-state index in [0.717, 1.165) is 29.9 Å². The zero-order valence-electron chi connectivity index (χ0n) is 18.8. The molecule has 0 spiro atoms. The Labute approximate surface area is 190 Å². The van der Waals surface area contributed by atoms with Gasteiger partial charge in [-0.3, -0.25) is 4.79 Å². The number of hydrogen-bond acceptors (Lipinski definition) is 4. The first-order valence-corrected chi connectivity index (χ1v) is 14.3. The van der Waals surface area contributed by atoms with Gasteiger partial charge in [-0.05, 0) is 42.7 Å². The smallest absolute Gasteiger partial charge is 0.294 e. The number of benzene rings is 1. The van der Waals surface area contributed by atoms with E-state index < -0.39 is 8.07 Å². The van der Waals surface area contributed by atoms with Crippen molar-refractivity contribution in [3.05, 3.63) is 86.2 Å². The number of hydrogen-bond donors (Lipinski definition) is 1. The highest BCUT2D eigenvalue weighted by Crippen LogP contribution is 2.27. The van der Waals surface area contributed by atoms with E-state index in [-0.39, 0.29) is 16.5 Å². The minimum Gasteiger partial charge on any atom is -0.497 e. The van der Waals surface area contributed by atoms with E-state index >= 15 is 0 Å². The fourth-order valence-electron chi connectivity index (χ4n) is 3.57. The van der Waals surface area contributed by atoms with Crippen LogP contribution in [0, 0.1) is 0 Å². The predicted octanol–water partition coefficient (Wildman–Crippen LogP) is 5.79. The Balaban J connectivity index is 1.99. The largest absolute Gasteiger partial charge is 0.497 e. The first-order chi connectivity index (χ1) is 14.7. The molecule has 0 unspecified atom stereocenters. The van der Waals surface area contributed by atoms with Gasteiger partial charge in [0.1, 0.15) is 10.9 Å². The summed E-state index contributed by atoms with van der Waals surface area (Å²) in [7, 11) is -0.0286. The van der Waals surface area contributed by atoms with Crippen LogP contribution in [-0.4, -0.2) is 24.7 Å². The van der Waals surface area contributed by atoms with Crippen LogP contribution in [0.1, 0.15) is 25.3 Å². The summed E-state index contributed by atoms with van der Waals surface area (Å²) in [4.78, 5) is 17.5. The van der Waals surface area contributed by atoms with Gasteiger partial charge in [0.05, 0.1) is 21.7 Å². The zero-order chi connectivity index (χ0) is 22.6. The maximum atomic E-state index is 13.2.